The van der Waals surface area contributed by atoms with Gasteiger partial charge in [0.25, 0.3) is 0 Å². The van der Waals surface area contributed by atoms with Crippen molar-refractivity contribution in [3.63, 3.8) is 0 Å². The Kier molecular flexibility index (Phi) is 4.58. The average Bonchev–Trinajstić information content (AvgIpc) is 3.16. The number of ether oxygens (including phenoxy) is 2. The van der Waals surface area contributed by atoms with Gasteiger partial charge in [0, 0.05) is 18.4 Å². The van der Waals surface area contributed by atoms with Crippen LogP contribution in [0.1, 0.15) is 91.9 Å². The minimum absolute atomic E-state index is 0.268. The van der Waals surface area contributed by atoms with Gasteiger partial charge in [-0.2, -0.15) is 0 Å². The number of nitrogens with two attached hydrogens (primary N) is 1. The van der Waals surface area contributed by atoms with E-state index in [1.54, 1.807) is 0 Å². The largest absolute Gasteiger partial charge is 0.349 e. The molecular formula is C27H45NO2. The van der Waals surface area contributed by atoms with Gasteiger partial charge >= 0.3 is 0 Å². The molecule has 0 amide bonds. The maximum atomic E-state index is 6.92. The third kappa shape index (κ3) is 2.61. The van der Waals surface area contributed by atoms with E-state index in [9.17, 15) is 0 Å². The van der Waals surface area contributed by atoms with Gasteiger partial charge in [-0.05, 0) is 104 Å². The first-order valence-electron chi connectivity index (χ1n) is 13.3. The summed E-state index contributed by atoms with van der Waals surface area (Å²) in [7, 11) is 0. The highest BCUT2D eigenvalue weighted by Crippen LogP contribution is 2.71. The predicted octanol–water partition coefficient (Wildman–Crippen LogP) is 5.76. The Labute approximate surface area is 184 Å². The Morgan fingerprint density at radius 1 is 0.833 bits per heavy atom. The lowest BCUT2D eigenvalue weighted by atomic mass is 9.44. The Morgan fingerprint density at radius 2 is 1.63 bits per heavy atom. The van der Waals surface area contributed by atoms with Crippen LogP contribution in [0.2, 0.25) is 0 Å². The first-order chi connectivity index (χ1) is 14.3. The fraction of sp³-hybridized carbons (Fsp3) is 1.00. The maximum Gasteiger partial charge on any atom is 0.171 e. The molecule has 2 saturated heterocycles. The summed E-state index contributed by atoms with van der Waals surface area (Å²) < 4.78 is 13.4. The van der Waals surface area contributed by atoms with E-state index in [-0.39, 0.29) is 5.79 Å². The molecule has 4 saturated carbocycles. The smallest absolute Gasteiger partial charge is 0.171 e. The van der Waals surface area contributed by atoms with Crippen LogP contribution >= 0.6 is 0 Å². The van der Waals surface area contributed by atoms with Gasteiger partial charge in [0.05, 0.1) is 12.7 Å². The van der Waals surface area contributed by atoms with E-state index in [2.05, 4.69) is 27.7 Å². The molecule has 0 aromatic carbocycles. The van der Waals surface area contributed by atoms with Gasteiger partial charge in [0.2, 0.25) is 0 Å². The fourth-order valence-corrected chi connectivity index (χ4v) is 10.3. The predicted molar refractivity (Wildman–Crippen MR) is 120 cm³/mol. The molecule has 2 aliphatic heterocycles. The first kappa shape index (κ1) is 20.5. The fourth-order valence-electron chi connectivity index (χ4n) is 10.3. The second-order valence-corrected chi connectivity index (χ2v) is 13.2. The first-order valence-corrected chi connectivity index (χ1v) is 13.3. The lowest BCUT2D eigenvalue weighted by molar-refractivity contribution is -0.273. The van der Waals surface area contributed by atoms with Gasteiger partial charge in [0.1, 0.15) is 0 Å². The molecule has 6 fully saturated rings. The Morgan fingerprint density at radius 3 is 2.40 bits per heavy atom. The van der Waals surface area contributed by atoms with Crippen molar-refractivity contribution in [2.45, 2.75) is 110 Å². The number of rotatable bonds is 0. The van der Waals surface area contributed by atoms with Gasteiger partial charge in [-0.1, -0.05) is 27.7 Å². The zero-order valence-electron chi connectivity index (χ0n) is 19.9. The van der Waals surface area contributed by atoms with E-state index < -0.39 is 0 Å². The van der Waals surface area contributed by atoms with Gasteiger partial charge in [0.15, 0.2) is 5.79 Å². The summed E-state index contributed by atoms with van der Waals surface area (Å²) in [6.07, 6.45) is 13.7. The number of hydrogen-bond donors (Lipinski definition) is 1. The summed E-state index contributed by atoms with van der Waals surface area (Å²) in [6, 6.07) is 0.461. The van der Waals surface area contributed by atoms with Gasteiger partial charge in [-0.25, -0.2) is 0 Å². The molecule has 0 radical (unpaired) electrons. The molecule has 170 valence electrons. The third-order valence-corrected chi connectivity index (χ3v) is 12.0. The van der Waals surface area contributed by atoms with Gasteiger partial charge in [-0.15, -0.1) is 0 Å². The highest BCUT2D eigenvalue weighted by atomic mass is 16.7. The second kappa shape index (κ2) is 6.70. The van der Waals surface area contributed by atoms with Crippen molar-refractivity contribution in [3.05, 3.63) is 0 Å². The van der Waals surface area contributed by atoms with E-state index in [1.165, 1.54) is 57.8 Å². The Hall–Kier alpha value is -0.120. The van der Waals surface area contributed by atoms with Crippen LogP contribution in [0, 0.1) is 52.3 Å². The minimum Gasteiger partial charge on any atom is -0.349 e. The van der Waals surface area contributed by atoms with Crippen LogP contribution in [0.4, 0.5) is 0 Å². The van der Waals surface area contributed by atoms with E-state index >= 15 is 0 Å². The number of fused-ring (bicyclic) bond motifs is 7. The van der Waals surface area contributed by atoms with Crippen LogP contribution in [0.15, 0.2) is 0 Å². The minimum atomic E-state index is -0.268. The van der Waals surface area contributed by atoms with E-state index in [4.69, 9.17) is 15.2 Å². The molecule has 3 nitrogen and oxygen atoms in total. The Bertz CT molecular complexity index is 686. The van der Waals surface area contributed by atoms with Crippen molar-refractivity contribution >= 4 is 0 Å². The summed E-state index contributed by atoms with van der Waals surface area (Å²) in [5.41, 5.74) is 7.40. The highest BCUT2D eigenvalue weighted by molar-refractivity contribution is 5.15. The van der Waals surface area contributed by atoms with Crippen molar-refractivity contribution < 1.29 is 9.47 Å². The van der Waals surface area contributed by atoms with Crippen molar-refractivity contribution in [1.82, 2.24) is 0 Å². The normalized spacial score (nSPS) is 62.5. The maximum absolute atomic E-state index is 6.92. The van der Waals surface area contributed by atoms with E-state index in [0.29, 0.717) is 40.7 Å². The zero-order valence-corrected chi connectivity index (χ0v) is 19.9. The monoisotopic (exact) mass is 415 g/mol. The molecule has 3 heteroatoms. The SMILES string of the molecule is C[C@H]1CC[C@@]2(OC1)O[C@H]1C[C@@H]3[C@@H]4CC[C@H]5C[C@H](N)CC[C@]5(C)[C@@H]4CC[C@]3(C)[C@@H]1[C@@H]2C. The van der Waals surface area contributed by atoms with Crippen molar-refractivity contribution in [2.24, 2.45) is 58.0 Å². The molecule has 2 heterocycles. The quantitative estimate of drug-likeness (QED) is 0.547. The zero-order chi connectivity index (χ0) is 20.9. The van der Waals surface area contributed by atoms with Gasteiger partial charge < -0.3 is 15.2 Å². The summed E-state index contributed by atoms with van der Waals surface area (Å²) in [5, 5.41) is 0. The topological polar surface area (TPSA) is 44.5 Å². The molecule has 0 aromatic heterocycles. The molecule has 12 atom stereocenters. The van der Waals surface area contributed by atoms with Crippen LogP contribution in [-0.4, -0.2) is 24.5 Å². The standard InChI is InChI=1S/C27H45NO2/c1-16-7-12-27(29-15-16)17(2)24-23(30-27)14-22-20-6-5-18-13-19(28)8-10-25(18,3)21(20)9-11-26(22,24)4/h16-24H,5-15,28H2,1-4H3/t16-,17-,18-,19+,20+,21+,22+,23-,24+,25-,26-,27+/m0/s1. The van der Waals surface area contributed by atoms with E-state index in [0.717, 1.165) is 36.7 Å². The molecule has 4 aliphatic carbocycles. The average molecular weight is 416 g/mol. The summed E-state index contributed by atoms with van der Waals surface area (Å²) in [5.74, 6) is 5.25. The molecule has 0 unspecified atom stereocenters. The molecule has 0 aromatic rings. The molecule has 30 heavy (non-hydrogen) atoms. The van der Waals surface area contributed by atoms with Crippen LogP contribution in [0.3, 0.4) is 0 Å². The molecular weight excluding hydrogens is 370 g/mol. The van der Waals surface area contributed by atoms with Crippen LogP contribution in [0.5, 0.6) is 0 Å². The van der Waals surface area contributed by atoms with Crippen LogP contribution < -0.4 is 5.73 Å². The van der Waals surface area contributed by atoms with Crippen molar-refractivity contribution in [3.8, 4) is 0 Å². The van der Waals surface area contributed by atoms with Gasteiger partial charge in [-0.3, -0.25) is 0 Å². The lowest BCUT2D eigenvalue weighted by Crippen LogP contribution is -2.55. The molecule has 6 aliphatic rings. The summed E-state index contributed by atoms with van der Waals surface area (Å²) >= 11 is 0. The van der Waals surface area contributed by atoms with Crippen molar-refractivity contribution in [2.75, 3.05) is 6.61 Å². The van der Waals surface area contributed by atoms with Crippen LogP contribution in [0.25, 0.3) is 0 Å². The highest BCUT2D eigenvalue weighted by Gasteiger charge is 2.69. The van der Waals surface area contributed by atoms with E-state index in [1.807, 2.05) is 0 Å². The second-order valence-electron chi connectivity index (χ2n) is 13.2. The molecule has 6 rings (SSSR count). The molecule has 1 spiro atoms. The Balaban J connectivity index is 1.26. The summed E-state index contributed by atoms with van der Waals surface area (Å²) in [6.45, 7) is 11.0. The third-order valence-electron chi connectivity index (χ3n) is 12.0. The number of hydrogen-bond acceptors (Lipinski definition) is 3. The summed E-state index contributed by atoms with van der Waals surface area (Å²) in [4.78, 5) is 0. The molecule has 0 bridgehead atoms. The lowest BCUT2D eigenvalue weighted by Gasteiger charge is -2.61. The van der Waals surface area contributed by atoms with Crippen molar-refractivity contribution in [1.29, 1.82) is 0 Å². The van der Waals surface area contributed by atoms with Crippen LogP contribution in [-0.2, 0) is 9.47 Å². The molecule has 2 N–H and O–H groups in total.